The summed E-state index contributed by atoms with van der Waals surface area (Å²) < 4.78 is 26.9. The zero-order valence-corrected chi connectivity index (χ0v) is 24.2. The fourth-order valence-corrected chi connectivity index (χ4v) is 5.23. The summed E-state index contributed by atoms with van der Waals surface area (Å²) in [5, 5.41) is 3.04. The number of rotatable bonds is 12. The Bertz CT molecular complexity index is 1360. The van der Waals surface area contributed by atoms with Gasteiger partial charge in [0.2, 0.25) is 21.8 Å². The van der Waals surface area contributed by atoms with E-state index in [1.807, 2.05) is 81.4 Å². The summed E-state index contributed by atoms with van der Waals surface area (Å²) in [6.07, 6.45) is 2.13. The summed E-state index contributed by atoms with van der Waals surface area (Å²) >= 11 is 0. The zero-order valence-electron chi connectivity index (χ0n) is 23.4. The van der Waals surface area contributed by atoms with Crippen LogP contribution >= 0.6 is 0 Å². The van der Waals surface area contributed by atoms with Gasteiger partial charge >= 0.3 is 0 Å². The van der Waals surface area contributed by atoms with Crippen LogP contribution in [-0.4, -0.2) is 50.0 Å². The number of carbonyl (C=O) groups excluding carboxylic acids is 2. The van der Waals surface area contributed by atoms with Crippen LogP contribution < -0.4 is 9.62 Å². The van der Waals surface area contributed by atoms with E-state index >= 15 is 0 Å². The molecule has 0 aromatic heterocycles. The highest BCUT2D eigenvalue weighted by Gasteiger charge is 2.33. The van der Waals surface area contributed by atoms with Crippen molar-refractivity contribution in [1.82, 2.24) is 10.2 Å². The third-order valence-electron chi connectivity index (χ3n) is 6.81. The molecule has 2 atom stereocenters. The van der Waals surface area contributed by atoms with Gasteiger partial charge in [0.25, 0.3) is 0 Å². The first-order valence-electron chi connectivity index (χ1n) is 13.2. The molecule has 0 saturated carbocycles. The Labute approximate surface area is 232 Å². The molecule has 7 nitrogen and oxygen atoms in total. The van der Waals surface area contributed by atoms with Gasteiger partial charge in [-0.25, -0.2) is 8.42 Å². The Morgan fingerprint density at radius 3 is 2.08 bits per heavy atom. The molecule has 208 valence electrons. The van der Waals surface area contributed by atoms with Crippen molar-refractivity contribution in [2.75, 3.05) is 17.1 Å². The second kappa shape index (κ2) is 13.4. The van der Waals surface area contributed by atoms with Gasteiger partial charge < -0.3 is 10.2 Å². The molecule has 0 bridgehead atoms. The van der Waals surface area contributed by atoms with Crippen molar-refractivity contribution in [1.29, 1.82) is 0 Å². The summed E-state index contributed by atoms with van der Waals surface area (Å²) in [5.41, 5.74) is 4.01. The maximum atomic E-state index is 14.1. The van der Waals surface area contributed by atoms with Gasteiger partial charge in [-0.1, -0.05) is 85.3 Å². The van der Waals surface area contributed by atoms with Crippen LogP contribution in [0.3, 0.4) is 0 Å². The summed E-state index contributed by atoms with van der Waals surface area (Å²) in [5.74, 6) is -0.722. The number of amides is 2. The number of benzene rings is 3. The van der Waals surface area contributed by atoms with Gasteiger partial charge in [0, 0.05) is 19.0 Å². The second-order valence-corrected chi connectivity index (χ2v) is 12.0. The minimum Gasteiger partial charge on any atom is -0.352 e. The predicted molar refractivity (Wildman–Crippen MR) is 157 cm³/mol. The lowest BCUT2D eigenvalue weighted by Gasteiger charge is -2.34. The van der Waals surface area contributed by atoms with Gasteiger partial charge in [-0.15, -0.1) is 0 Å². The quantitative estimate of drug-likeness (QED) is 0.357. The van der Waals surface area contributed by atoms with Crippen molar-refractivity contribution in [3.8, 4) is 0 Å². The number of hydrogen-bond donors (Lipinski definition) is 1. The molecule has 0 aliphatic carbocycles. The topological polar surface area (TPSA) is 86.8 Å². The Kier molecular flexibility index (Phi) is 10.3. The SMILES string of the molecule is CCC(C)NC(=O)C(Cc1ccccc1)N(Cc1ccc(C)cc1)C(=O)CN(c1ccccc1C)S(C)(=O)=O. The van der Waals surface area contributed by atoms with E-state index in [1.165, 1.54) is 4.90 Å². The van der Waals surface area contributed by atoms with Crippen LogP contribution in [0.25, 0.3) is 0 Å². The number of nitrogens with zero attached hydrogens (tertiary/aromatic N) is 2. The van der Waals surface area contributed by atoms with E-state index in [9.17, 15) is 18.0 Å². The number of hydrogen-bond acceptors (Lipinski definition) is 4. The van der Waals surface area contributed by atoms with Gasteiger partial charge in [0.1, 0.15) is 12.6 Å². The number of sulfonamides is 1. The maximum Gasteiger partial charge on any atom is 0.244 e. The van der Waals surface area contributed by atoms with E-state index < -0.39 is 28.5 Å². The molecule has 2 amide bonds. The highest BCUT2D eigenvalue weighted by molar-refractivity contribution is 7.92. The standard InChI is InChI=1S/C31H39N3O4S/c1-6-25(4)32-31(36)29(20-26-13-8-7-9-14-26)33(21-27-18-16-23(2)17-19-27)30(35)22-34(39(5,37)38)28-15-11-10-12-24(28)3/h7-19,25,29H,6,20-22H2,1-5H3,(H,32,36). The van der Waals surface area contributed by atoms with E-state index in [1.54, 1.807) is 25.1 Å². The van der Waals surface area contributed by atoms with E-state index in [0.29, 0.717) is 12.1 Å². The molecule has 0 saturated heterocycles. The van der Waals surface area contributed by atoms with Gasteiger partial charge in [-0.05, 0) is 49.9 Å². The lowest BCUT2D eigenvalue weighted by molar-refractivity contribution is -0.140. The van der Waals surface area contributed by atoms with Crippen LogP contribution in [0, 0.1) is 13.8 Å². The van der Waals surface area contributed by atoms with Crippen molar-refractivity contribution >= 4 is 27.5 Å². The molecule has 0 aliphatic rings. The van der Waals surface area contributed by atoms with Crippen molar-refractivity contribution in [2.45, 2.75) is 59.2 Å². The molecule has 3 aromatic rings. The molecule has 0 aliphatic heterocycles. The number of anilines is 1. The summed E-state index contributed by atoms with van der Waals surface area (Å²) in [4.78, 5) is 29.3. The normalized spacial score (nSPS) is 12.8. The fraction of sp³-hybridized carbons (Fsp3) is 0.355. The minimum atomic E-state index is -3.79. The number of carbonyl (C=O) groups is 2. The summed E-state index contributed by atoms with van der Waals surface area (Å²) in [6.45, 7) is 7.44. The predicted octanol–water partition coefficient (Wildman–Crippen LogP) is 4.62. The van der Waals surface area contributed by atoms with Crippen LogP contribution in [-0.2, 0) is 32.6 Å². The van der Waals surface area contributed by atoms with E-state index in [0.717, 1.165) is 39.2 Å². The van der Waals surface area contributed by atoms with E-state index in [2.05, 4.69) is 5.32 Å². The average Bonchev–Trinajstić information content (AvgIpc) is 2.90. The molecule has 2 unspecified atom stereocenters. The first-order valence-corrected chi connectivity index (χ1v) is 15.1. The third kappa shape index (κ3) is 8.42. The van der Waals surface area contributed by atoms with Gasteiger partial charge in [-0.2, -0.15) is 0 Å². The molecule has 39 heavy (non-hydrogen) atoms. The molecule has 3 aromatic carbocycles. The van der Waals surface area contributed by atoms with Crippen molar-refractivity contribution < 1.29 is 18.0 Å². The number of nitrogens with one attached hydrogen (secondary N) is 1. The van der Waals surface area contributed by atoms with Crippen molar-refractivity contribution in [2.24, 2.45) is 0 Å². The third-order valence-corrected chi connectivity index (χ3v) is 7.94. The largest absolute Gasteiger partial charge is 0.352 e. The molecular formula is C31H39N3O4S. The molecular weight excluding hydrogens is 510 g/mol. The molecule has 1 N–H and O–H groups in total. The maximum absolute atomic E-state index is 14.1. The second-order valence-electron chi connectivity index (χ2n) is 10.1. The molecule has 0 fully saturated rings. The minimum absolute atomic E-state index is 0.0772. The number of aryl methyl sites for hydroxylation is 2. The highest BCUT2D eigenvalue weighted by atomic mass is 32.2. The Balaban J connectivity index is 2.06. The van der Waals surface area contributed by atoms with Gasteiger partial charge in [0.15, 0.2) is 0 Å². The summed E-state index contributed by atoms with van der Waals surface area (Å²) in [6, 6.07) is 23.5. The molecule has 0 spiro atoms. The van der Waals surface area contributed by atoms with Crippen LogP contribution in [0.1, 0.15) is 42.5 Å². The average molecular weight is 550 g/mol. The molecule has 8 heteroatoms. The lowest BCUT2D eigenvalue weighted by atomic mass is 10.0. The van der Waals surface area contributed by atoms with Crippen molar-refractivity contribution in [3.05, 3.63) is 101 Å². The van der Waals surface area contributed by atoms with E-state index in [4.69, 9.17) is 0 Å². The smallest absolute Gasteiger partial charge is 0.244 e. The summed E-state index contributed by atoms with van der Waals surface area (Å²) in [7, 11) is -3.79. The van der Waals surface area contributed by atoms with E-state index in [-0.39, 0.29) is 18.5 Å². The molecule has 3 rings (SSSR count). The van der Waals surface area contributed by atoms with Crippen LogP contribution in [0.2, 0.25) is 0 Å². The van der Waals surface area contributed by atoms with Gasteiger partial charge in [-0.3, -0.25) is 13.9 Å². The monoisotopic (exact) mass is 549 g/mol. The van der Waals surface area contributed by atoms with Gasteiger partial charge in [0.05, 0.1) is 11.9 Å². The van der Waals surface area contributed by atoms with Crippen molar-refractivity contribution in [3.63, 3.8) is 0 Å². The Hall–Kier alpha value is -3.65. The van der Waals surface area contributed by atoms with Crippen LogP contribution in [0.5, 0.6) is 0 Å². The van der Waals surface area contributed by atoms with Crippen LogP contribution in [0.4, 0.5) is 5.69 Å². The highest BCUT2D eigenvalue weighted by Crippen LogP contribution is 2.23. The Morgan fingerprint density at radius 1 is 0.872 bits per heavy atom. The zero-order chi connectivity index (χ0) is 28.6. The van der Waals surface area contributed by atoms with Crippen LogP contribution in [0.15, 0.2) is 78.9 Å². The number of para-hydroxylation sites is 1. The first kappa shape index (κ1) is 29.9. The molecule has 0 heterocycles. The first-order chi connectivity index (χ1) is 18.5. The Morgan fingerprint density at radius 2 is 1.49 bits per heavy atom. The lowest BCUT2D eigenvalue weighted by Crippen LogP contribution is -2.54. The fourth-order valence-electron chi connectivity index (χ4n) is 4.32. The molecule has 0 radical (unpaired) electrons.